The Morgan fingerprint density at radius 3 is 2.55 bits per heavy atom. The summed E-state index contributed by atoms with van der Waals surface area (Å²) in [6.45, 7) is 5.54. The van der Waals surface area contributed by atoms with Crippen molar-refractivity contribution in [3.05, 3.63) is 63.3 Å². The van der Waals surface area contributed by atoms with Crippen LogP contribution in [-0.4, -0.2) is 58.1 Å². The molecular formula is C22H23F3N6O2. The van der Waals surface area contributed by atoms with Crippen LogP contribution in [0.3, 0.4) is 0 Å². The number of primary amides is 1. The number of carbonyl (C=O) groups is 1. The lowest BCUT2D eigenvalue weighted by atomic mass is 10.1. The number of hydrogen-bond donors (Lipinski definition) is 2. The molecule has 11 heteroatoms. The molecule has 0 radical (unpaired) electrons. The normalized spacial score (nSPS) is 15.2. The molecule has 0 bridgehead atoms. The van der Waals surface area contributed by atoms with Crippen LogP contribution in [-0.2, 0) is 13.0 Å². The van der Waals surface area contributed by atoms with Gasteiger partial charge in [0.25, 0.3) is 11.5 Å². The fraction of sp³-hybridized carbons (Fsp3) is 0.364. The number of halogens is 3. The van der Waals surface area contributed by atoms with Crippen LogP contribution in [0.1, 0.15) is 27.3 Å². The third kappa shape index (κ3) is 5.30. The van der Waals surface area contributed by atoms with E-state index in [9.17, 15) is 22.8 Å². The molecule has 3 aromatic rings. The van der Waals surface area contributed by atoms with Gasteiger partial charge in [0.2, 0.25) is 0 Å². The van der Waals surface area contributed by atoms with Gasteiger partial charge in [0.05, 0.1) is 29.3 Å². The highest BCUT2D eigenvalue weighted by atomic mass is 19.4. The zero-order valence-corrected chi connectivity index (χ0v) is 17.9. The number of nitrogens with zero attached hydrogens (tertiary/aromatic N) is 4. The van der Waals surface area contributed by atoms with Gasteiger partial charge in [-0.2, -0.15) is 13.2 Å². The number of fused-ring (bicyclic) bond motifs is 1. The van der Waals surface area contributed by atoms with Gasteiger partial charge in [0.15, 0.2) is 0 Å². The van der Waals surface area contributed by atoms with Crippen LogP contribution < -0.4 is 16.2 Å². The van der Waals surface area contributed by atoms with Gasteiger partial charge < -0.3 is 15.6 Å². The fourth-order valence-electron chi connectivity index (χ4n) is 3.99. The van der Waals surface area contributed by atoms with Crippen molar-refractivity contribution in [2.45, 2.75) is 26.1 Å². The molecule has 1 saturated heterocycles. The molecule has 2 aromatic heterocycles. The second-order valence-electron chi connectivity index (χ2n) is 8.14. The molecular weight excluding hydrogens is 437 g/mol. The van der Waals surface area contributed by atoms with Crippen molar-refractivity contribution in [1.29, 1.82) is 0 Å². The highest BCUT2D eigenvalue weighted by molar-refractivity contribution is 5.92. The number of anilines is 1. The Balaban J connectivity index is 1.41. The van der Waals surface area contributed by atoms with E-state index in [4.69, 9.17) is 5.73 Å². The lowest BCUT2D eigenvalue weighted by Gasteiger charge is -2.36. The fourth-order valence-corrected chi connectivity index (χ4v) is 3.99. The minimum Gasteiger partial charge on any atom is -0.368 e. The van der Waals surface area contributed by atoms with Gasteiger partial charge in [0.1, 0.15) is 11.4 Å². The van der Waals surface area contributed by atoms with E-state index < -0.39 is 29.8 Å². The molecule has 0 saturated carbocycles. The minimum absolute atomic E-state index is 0.270. The predicted molar refractivity (Wildman–Crippen MR) is 117 cm³/mol. The first-order valence-corrected chi connectivity index (χ1v) is 10.4. The number of aromatic amines is 1. The number of pyridine rings is 1. The maximum absolute atomic E-state index is 12.6. The molecule has 1 aliphatic rings. The monoisotopic (exact) mass is 460 g/mol. The molecule has 1 amide bonds. The summed E-state index contributed by atoms with van der Waals surface area (Å²) >= 11 is 0. The van der Waals surface area contributed by atoms with Crippen molar-refractivity contribution in [3.63, 3.8) is 0 Å². The number of nitrogens with one attached hydrogen (secondary N) is 1. The number of benzene rings is 1. The van der Waals surface area contributed by atoms with E-state index in [1.807, 2.05) is 12.1 Å². The molecule has 1 aliphatic heterocycles. The molecule has 8 nitrogen and oxygen atoms in total. The molecule has 3 heterocycles. The molecule has 0 aliphatic carbocycles. The molecule has 0 atom stereocenters. The summed E-state index contributed by atoms with van der Waals surface area (Å²) in [5.74, 6) is -0.549. The Hall–Kier alpha value is -3.47. The predicted octanol–water partition coefficient (Wildman–Crippen LogP) is 2.15. The third-order valence-corrected chi connectivity index (χ3v) is 5.64. The van der Waals surface area contributed by atoms with Gasteiger partial charge in [-0.25, -0.2) is 9.97 Å². The van der Waals surface area contributed by atoms with Crippen LogP contribution in [0.15, 0.2) is 35.3 Å². The zero-order chi connectivity index (χ0) is 23.8. The molecule has 33 heavy (non-hydrogen) atoms. The number of rotatable bonds is 5. The number of hydrogen-bond acceptors (Lipinski definition) is 6. The number of amides is 1. The second-order valence-corrected chi connectivity index (χ2v) is 8.14. The first-order valence-electron chi connectivity index (χ1n) is 10.4. The van der Waals surface area contributed by atoms with Crippen LogP contribution in [0.25, 0.3) is 11.0 Å². The summed E-state index contributed by atoms with van der Waals surface area (Å²) < 4.78 is 37.9. The third-order valence-electron chi connectivity index (χ3n) is 5.64. The summed E-state index contributed by atoms with van der Waals surface area (Å²) in [5.41, 5.74) is 7.57. The van der Waals surface area contributed by atoms with Crippen molar-refractivity contribution in [1.82, 2.24) is 19.9 Å². The quantitative estimate of drug-likeness (QED) is 0.604. The van der Waals surface area contributed by atoms with Crippen LogP contribution in [0.4, 0.5) is 18.9 Å². The summed E-state index contributed by atoms with van der Waals surface area (Å²) in [4.78, 5) is 38.4. The van der Waals surface area contributed by atoms with Crippen LogP contribution in [0, 0.1) is 6.92 Å². The minimum atomic E-state index is -4.49. The summed E-state index contributed by atoms with van der Waals surface area (Å²) in [7, 11) is 0. The van der Waals surface area contributed by atoms with Gasteiger partial charge in [-0.05, 0) is 36.2 Å². The Bertz CT molecular complexity index is 1250. The Morgan fingerprint density at radius 1 is 1.18 bits per heavy atom. The van der Waals surface area contributed by atoms with Gasteiger partial charge in [-0.3, -0.25) is 14.5 Å². The average molecular weight is 460 g/mol. The molecule has 4 rings (SSSR count). The molecule has 0 unspecified atom stereocenters. The van der Waals surface area contributed by atoms with Crippen LogP contribution in [0.2, 0.25) is 0 Å². The number of carbonyl (C=O) groups excluding carboxylic acids is 1. The number of nitrogens with two attached hydrogens (primary N) is 1. The second kappa shape index (κ2) is 8.81. The zero-order valence-electron chi connectivity index (χ0n) is 17.9. The number of piperazine rings is 1. The standard InChI is InChI=1S/C22H23F3N6O2/c1-13-8-15(11-27-19(13)20(26)32)31-6-4-30(5-7-31)12-14-2-3-16-17(9-14)29-21(33)18(28-16)10-22(23,24)25/h2-3,8-9,11H,4-7,10,12H2,1H3,(H2,26,32)(H,29,33). The van der Waals surface area contributed by atoms with E-state index in [2.05, 4.69) is 24.8 Å². The lowest BCUT2D eigenvalue weighted by Crippen LogP contribution is -2.46. The van der Waals surface area contributed by atoms with Gasteiger partial charge in [-0.15, -0.1) is 0 Å². The number of aromatic nitrogens is 3. The van der Waals surface area contributed by atoms with Crippen molar-refractivity contribution in [2.75, 3.05) is 31.1 Å². The molecule has 174 valence electrons. The molecule has 1 fully saturated rings. The topological polar surface area (TPSA) is 108 Å². The van der Waals surface area contributed by atoms with Crippen molar-refractivity contribution in [3.8, 4) is 0 Å². The first-order chi connectivity index (χ1) is 15.6. The van der Waals surface area contributed by atoms with Crippen LogP contribution >= 0.6 is 0 Å². The molecule has 0 spiro atoms. The van der Waals surface area contributed by atoms with Gasteiger partial charge >= 0.3 is 6.18 Å². The van der Waals surface area contributed by atoms with E-state index in [0.717, 1.165) is 43.0 Å². The maximum atomic E-state index is 12.6. The SMILES string of the molecule is Cc1cc(N2CCN(Cc3ccc4nc(CC(F)(F)F)c(=O)[nH]c4c3)CC2)cnc1C(N)=O. The number of aryl methyl sites for hydroxylation is 1. The van der Waals surface area contributed by atoms with Crippen molar-refractivity contribution in [2.24, 2.45) is 5.73 Å². The van der Waals surface area contributed by atoms with E-state index in [1.165, 1.54) is 0 Å². The summed E-state index contributed by atoms with van der Waals surface area (Å²) in [6, 6.07) is 7.10. The van der Waals surface area contributed by atoms with Crippen molar-refractivity contribution >= 4 is 22.6 Å². The van der Waals surface area contributed by atoms with E-state index in [-0.39, 0.29) is 5.69 Å². The highest BCUT2D eigenvalue weighted by Gasteiger charge is 2.30. The van der Waals surface area contributed by atoms with Gasteiger partial charge in [-0.1, -0.05) is 6.07 Å². The highest BCUT2D eigenvalue weighted by Crippen LogP contribution is 2.21. The Labute approximate surface area is 187 Å². The van der Waals surface area contributed by atoms with E-state index in [0.29, 0.717) is 17.6 Å². The Kier molecular flexibility index (Phi) is 6.07. The Morgan fingerprint density at radius 2 is 1.91 bits per heavy atom. The molecule has 1 aromatic carbocycles. The first kappa shape index (κ1) is 22.7. The smallest absolute Gasteiger partial charge is 0.368 e. The lowest BCUT2D eigenvalue weighted by molar-refractivity contribution is -0.128. The van der Waals surface area contributed by atoms with Crippen LogP contribution in [0.5, 0.6) is 0 Å². The number of H-pyrrole nitrogens is 1. The largest absolute Gasteiger partial charge is 0.394 e. The van der Waals surface area contributed by atoms with Crippen molar-refractivity contribution < 1.29 is 18.0 Å². The van der Waals surface area contributed by atoms with Gasteiger partial charge in [0, 0.05) is 32.7 Å². The summed E-state index contributed by atoms with van der Waals surface area (Å²) in [5, 5.41) is 0. The average Bonchev–Trinajstić information content (AvgIpc) is 2.74. The van der Waals surface area contributed by atoms with E-state index in [1.54, 1.807) is 25.3 Å². The summed E-state index contributed by atoms with van der Waals surface area (Å²) in [6.07, 6.45) is -4.19. The number of alkyl halides is 3. The maximum Gasteiger partial charge on any atom is 0.394 e. The van der Waals surface area contributed by atoms with E-state index >= 15 is 0 Å². The molecule has 3 N–H and O–H groups in total.